The molecule has 0 radical (unpaired) electrons. The van der Waals surface area contributed by atoms with Crippen LogP contribution in [0, 0.1) is 0 Å². The van der Waals surface area contributed by atoms with Crippen molar-refractivity contribution in [2.24, 2.45) is 0 Å². The quantitative estimate of drug-likeness (QED) is 0.822. The van der Waals surface area contributed by atoms with Crippen LogP contribution in [0.2, 0.25) is 5.02 Å². The van der Waals surface area contributed by atoms with E-state index in [0.717, 1.165) is 35.7 Å². The van der Waals surface area contributed by atoms with Gasteiger partial charge in [-0.2, -0.15) is 0 Å². The second kappa shape index (κ2) is 7.13. The van der Waals surface area contributed by atoms with Crippen LogP contribution in [0.1, 0.15) is 62.7 Å². The second-order valence-corrected chi connectivity index (χ2v) is 8.58. The van der Waals surface area contributed by atoms with Crippen LogP contribution in [-0.4, -0.2) is 32.8 Å². The van der Waals surface area contributed by atoms with Gasteiger partial charge in [0.1, 0.15) is 11.6 Å². The maximum atomic E-state index is 13.6. The molecule has 7 heteroatoms. The minimum Gasteiger partial charge on any atom is -0.311 e. The zero-order valence-electron chi connectivity index (χ0n) is 15.7. The smallest absolute Gasteiger partial charge is 0.248 e. The van der Waals surface area contributed by atoms with E-state index in [2.05, 4.69) is 33.9 Å². The summed E-state index contributed by atoms with van der Waals surface area (Å²) in [5.74, 6) is -0.824. The number of nitrogens with one attached hydrogen (secondary N) is 1. The van der Waals surface area contributed by atoms with Crippen LogP contribution in [0.4, 0.5) is 8.78 Å². The zero-order chi connectivity index (χ0) is 19.2. The molecule has 1 aliphatic carbocycles. The molecule has 2 aliphatic rings. The third-order valence-corrected chi connectivity index (χ3v) is 5.82. The third kappa shape index (κ3) is 3.87. The highest BCUT2D eigenvalue weighted by Crippen LogP contribution is 2.41. The standard InChI is InChI=1S/C20H25ClF2N4/c1-12(2)24-16-10-14-9-15(21)3-4-17(14)27-18(11-16)25-26-19(27)13-5-7-20(22,23)8-6-13/h3-4,9,12-13,16,24H,5-8,10-11H2,1-2H3. The second-order valence-electron chi connectivity index (χ2n) is 8.14. The molecule has 4 rings (SSSR count). The molecule has 0 saturated heterocycles. The van der Waals surface area contributed by atoms with Gasteiger partial charge in [0.05, 0.1) is 5.69 Å². The van der Waals surface area contributed by atoms with Crippen LogP contribution >= 0.6 is 11.6 Å². The van der Waals surface area contributed by atoms with Gasteiger partial charge < -0.3 is 5.32 Å². The predicted molar refractivity (Wildman–Crippen MR) is 102 cm³/mol. The molecule has 0 amide bonds. The van der Waals surface area contributed by atoms with Crippen molar-refractivity contribution in [2.45, 2.75) is 76.3 Å². The minimum atomic E-state index is -2.55. The molecule has 1 aromatic carbocycles. The summed E-state index contributed by atoms with van der Waals surface area (Å²) in [5.41, 5.74) is 2.17. The Morgan fingerprint density at radius 2 is 1.93 bits per heavy atom. The van der Waals surface area contributed by atoms with Gasteiger partial charge in [0.2, 0.25) is 5.92 Å². The minimum absolute atomic E-state index is 0.0176. The van der Waals surface area contributed by atoms with Gasteiger partial charge in [0, 0.05) is 42.3 Å². The highest BCUT2D eigenvalue weighted by atomic mass is 35.5. The van der Waals surface area contributed by atoms with E-state index in [9.17, 15) is 8.78 Å². The fourth-order valence-corrected chi connectivity index (χ4v) is 4.57. The van der Waals surface area contributed by atoms with Gasteiger partial charge >= 0.3 is 0 Å². The number of alkyl halides is 2. The largest absolute Gasteiger partial charge is 0.311 e. The van der Waals surface area contributed by atoms with Crippen LogP contribution in [0.3, 0.4) is 0 Å². The number of aromatic nitrogens is 3. The maximum Gasteiger partial charge on any atom is 0.248 e. The highest BCUT2D eigenvalue weighted by Gasteiger charge is 2.38. The monoisotopic (exact) mass is 394 g/mol. The zero-order valence-corrected chi connectivity index (χ0v) is 16.4. The normalized spacial score (nSPS) is 22.4. The summed E-state index contributed by atoms with van der Waals surface area (Å²) in [5, 5.41) is 13.2. The highest BCUT2D eigenvalue weighted by molar-refractivity contribution is 6.30. The molecule has 0 spiro atoms. The molecular weight excluding hydrogens is 370 g/mol. The van der Waals surface area contributed by atoms with Crippen LogP contribution in [0.5, 0.6) is 0 Å². The lowest BCUT2D eigenvalue weighted by molar-refractivity contribution is -0.0388. The number of halogens is 3. The first-order valence-corrected chi connectivity index (χ1v) is 10.1. The summed E-state index contributed by atoms with van der Waals surface area (Å²) in [7, 11) is 0. The van der Waals surface area contributed by atoms with E-state index < -0.39 is 5.92 Å². The number of fused-ring (bicyclic) bond motifs is 3. The van der Waals surface area contributed by atoms with E-state index in [0.29, 0.717) is 23.9 Å². The molecule has 1 atom stereocenters. The van der Waals surface area contributed by atoms with Crippen LogP contribution in [0.15, 0.2) is 18.2 Å². The summed E-state index contributed by atoms with van der Waals surface area (Å²) in [6, 6.07) is 6.46. The first-order valence-electron chi connectivity index (χ1n) is 9.69. The fourth-order valence-electron chi connectivity index (χ4n) is 4.37. The van der Waals surface area contributed by atoms with Crippen LogP contribution in [-0.2, 0) is 12.8 Å². The van der Waals surface area contributed by atoms with Crippen molar-refractivity contribution in [2.75, 3.05) is 0 Å². The van der Waals surface area contributed by atoms with Crippen molar-refractivity contribution >= 4 is 11.6 Å². The molecule has 1 aromatic heterocycles. The molecule has 27 heavy (non-hydrogen) atoms. The lowest BCUT2D eigenvalue weighted by Crippen LogP contribution is -2.37. The first kappa shape index (κ1) is 18.8. The van der Waals surface area contributed by atoms with Gasteiger partial charge in [-0.05, 0) is 43.0 Å². The maximum absolute atomic E-state index is 13.6. The number of benzene rings is 1. The molecule has 1 N–H and O–H groups in total. The molecular formula is C20H25ClF2N4. The molecule has 1 fully saturated rings. The number of hydrogen-bond acceptors (Lipinski definition) is 3. The molecule has 1 unspecified atom stereocenters. The average Bonchev–Trinajstić information content (AvgIpc) is 2.91. The summed E-state index contributed by atoms with van der Waals surface area (Å²) in [6.07, 6.45) is 2.33. The Morgan fingerprint density at radius 1 is 1.19 bits per heavy atom. The SMILES string of the molecule is CC(C)NC1Cc2cc(Cl)ccc2-n2c(nnc2C2CCC(F)(F)CC2)C1. The van der Waals surface area contributed by atoms with Gasteiger partial charge in [-0.25, -0.2) is 8.78 Å². The third-order valence-electron chi connectivity index (χ3n) is 5.58. The molecule has 146 valence electrons. The molecule has 1 saturated carbocycles. The number of hydrogen-bond donors (Lipinski definition) is 1. The van der Waals surface area contributed by atoms with Crippen LogP contribution in [0.25, 0.3) is 5.69 Å². The van der Waals surface area contributed by atoms with E-state index in [-0.39, 0.29) is 24.8 Å². The average molecular weight is 395 g/mol. The fraction of sp³-hybridized carbons (Fsp3) is 0.600. The van der Waals surface area contributed by atoms with Crippen molar-refractivity contribution in [3.8, 4) is 5.69 Å². The Bertz CT molecular complexity index is 823. The van der Waals surface area contributed by atoms with Gasteiger partial charge in [-0.15, -0.1) is 10.2 Å². The Morgan fingerprint density at radius 3 is 2.63 bits per heavy atom. The topological polar surface area (TPSA) is 42.7 Å². The summed E-state index contributed by atoms with van der Waals surface area (Å²) < 4.78 is 29.3. The molecule has 0 bridgehead atoms. The first-order chi connectivity index (χ1) is 12.8. The number of nitrogens with zero attached hydrogens (tertiary/aromatic N) is 3. The lowest BCUT2D eigenvalue weighted by atomic mass is 9.86. The molecule has 4 nitrogen and oxygen atoms in total. The van der Waals surface area contributed by atoms with Gasteiger partial charge in [0.25, 0.3) is 0 Å². The Balaban J connectivity index is 1.74. The van der Waals surface area contributed by atoms with E-state index in [4.69, 9.17) is 11.6 Å². The molecule has 2 aromatic rings. The van der Waals surface area contributed by atoms with E-state index in [1.807, 2.05) is 18.2 Å². The number of rotatable bonds is 3. The van der Waals surface area contributed by atoms with Crippen molar-refractivity contribution in [3.05, 3.63) is 40.4 Å². The van der Waals surface area contributed by atoms with Gasteiger partial charge in [0.15, 0.2) is 0 Å². The Kier molecular flexibility index (Phi) is 4.97. The summed E-state index contributed by atoms with van der Waals surface area (Å²) >= 11 is 6.26. The lowest BCUT2D eigenvalue weighted by Gasteiger charge is -2.28. The van der Waals surface area contributed by atoms with Gasteiger partial charge in [-0.3, -0.25) is 4.57 Å². The molecule has 1 aliphatic heterocycles. The Labute approximate surface area is 163 Å². The summed E-state index contributed by atoms with van der Waals surface area (Å²) in [6.45, 7) is 4.25. The van der Waals surface area contributed by atoms with Crippen molar-refractivity contribution in [1.82, 2.24) is 20.1 Å². The predicted octanol–water partition coefficient (Wildman–Crippen LogP) is 4.68. The van der Waals surface area contributed by atoms with E-state index >= 15 is 0 Å². The van der Waals surface area contributed by atoms with E-state index in [1.165, 1.54) is 0 Å². The molecule has 2 heterocycles. The summed E-state index contributed by atoms with van der Waals surface area (Å²) in [4.78, 5) is 0. The van der Waals surface area contributed by atoms with Gasteiger partial charge in [-0.1, -0.05) is 25.4 Å². The van der Waals surface area contributed by atoms with Crippen molar-refractivity contribution in [3.63, 3.8) is 0 Å². The Hall–Kier alpha value is -1.53. The van der Waals surface area contributed by atoms with Crippen LogP contribution < -0.4 is 5.32 Å². The van der Waals surface area contributed by atoms with Crippen molar-refractivity contribution in [1.29, 1.82) is 0 Å². The van der Waals surface area contributed by atoms with E-state index in [1.54, 1.807) is 0 Å². The van der Waals surface area contributed by atoms with Crippen molar-refractivity contribution < 1.29 is 8.78 Å².